The van der Waals surface area contributed by atoms with E-state index in [1.165, 1.54) is 15.6 Å². The number of para-hydroxylation sites is 1. The fourth-order valence-electron chi connectivity index (χ4n) is 3.20. The fraction of sp³-hybridized carbons (Fsp3) is 0.444. The highest BCUT2D eigenvalue weighted by atomic mass is 19.1. The van der Waals surface area contributed by atoms with Crippen LogP contribution in [0.5, 0.6) is 0 Å². The van der Waals surface area contributed by atoms with Crippen LogP contribution in [0.4, 0.5) is 4.39 Å². The van der Waals surface area contributed by atoms with Crippen LogP contribution >= 0.6 is 0 Å². The van der Waals surface area contributed by atoms with Crippen LogP contribution in [0.2, 0.25) is 0 Å². The molecule has 26 heavy (non-hydrogen) atoms. The lowest BCUT2D eigenvalue weighted by molar-refractivity contribution is -0.143. The van der Waals surface area contributed by atoms with Gasteiger partial charge in [-0.2, -0.15) is 0 Å². The Balaban J connectivity index is 1.93. The number of hydrogen-bond acceptors (Lipinski definition) is 4. The first-order valence-corrected chi connectivity index (χ1v) is 8.67. The monoisotopic (exact) mass is 360 g/mol. The molecule has 0 spiro atoms. The van der Waals surface area contributed by atoms with E-state index < -0.39 is 23.6 Å². The predicted molar refractivity (Wildman–Crippen MR) is 91.6 cm³/mol. The zero-order valence-electron chi connectivity index (χ0n) is 14.7. The molecule has 7 nitrogen and oxygen atoms in total. The van der Waals surface area contributed by atoms with Crippen LogP contribution in [-0.4, -0.2) is 49.2 Å². The first kappa shape index (κ1) is 18.0. The Hall–Kier alpha value is -2.77. The largest absolute Gasteiger partial charge is 0.481 e. The van der Waals surface area contributed by atoms with Crippen molar-refractivity contribution in [3.05, 3.63) is 41.7 Å². The topological polar surface area (TPSA) is 88.3 Å². The quantitative estimate of drug-likeness (QED) is 0.904. The number of carbonyl (C=O) groups excluding carboxylic acids is 1. The molecule has 2 heterocycles. The molecule has 1 saturated heterocycles. The van der Waals surface area contributed by atoms with Crippen LogP contribution in [0.15, 0.2) is 24.3 Å². The molecule has 2 aromatic rings. The molecule has 1 amide bonds. The van der Waals surface area contributed by atoms with Crippen molar-refractivity contribution in [2.24, 2.45) is 5.92 Å². The molecule has 1 fully saturated rings. The number of carboxylic acid groups (broad SMARTS) is 1. The average molecular weight is 360 g/mol. The molecule has 8 heteroatoms. The molecule has 1 aliphatic heterocycles. The Morgan fingerprint density at radius 1 is 1.31 bits per heavy atom. The SMILES string of the molecule is CCc1nc(C(=O)N2CC(C(=O)O)CCC2C)nn1-c1ccccc1F. The summed E-state index contributed by atoms with van der Waals surface area (Å²) in [5.74, 6) is -1.94. The number of likely N-dealkylation sites (tertiary alicyclic amines) is 1. The summed E-state index contributed by atoms with van der Waals surface area (Å²) < 4.78 is 15.4. The first-order valence-electron chi connectivity index (χ1n) is 8.67. The van der Waals surface area contributed by atoms with Gasteiger partial charge in [-0.15, -0.1) is 5.10 Å². The van der Waals surface area contributed by atoms with Crippen molar-refractivity contribution in [3.8, 4) is 5.69 Å². The van der Waals surface area contributed by atoms with E-state index in [-0.39, 0.29) is 24.1 Å². The van der Waals surface area contributed by atoms with Crippen LogP contribution < -0.4 is 0 Å². The highest BCUT2D eigenvalue weighted by Crippen LogP contribution is 2.24. The molecule has 0 bridgehead atoms. The maximum absolute atomic E-state index is 14.1. The van der Waals surface area contributed by atoms with E-state index in [2.05, 4.69) is 10.1 Å². The van der Waals surface area contributed by atoms with E-state index in [9.17, 15) is 19.1 Å². The highest BCUT2D eigenvalue weighted by Gasteiger charge is 2.34. The number of nitrogens with zero attached hydrogens (tertiary/aromatic N) is 4. The van der Waals surface area contributed by atoms with Crippen molar-refractivity contribution in [2.45, 2.75) is 39.2 Å². The first-order chi connectivity index (χ1) is 12.4. The Labute approximate surface area is 150 Å². The number of piperidine rings is 1. The maximum Gasteiger partial charge on any atom is 0.308 e. The van der Waals surface area contributed by atoms with Gasteiger partial charge in [0, 0.05) is 19.0 Å². The molecule has 0 radical (unpaired) electrons. The summed E-state index contributed by atoms with van der Waals surface area (Å²) in [6.07, 6.45) is 1.62. The smallest absolute Gasteiger partial charge is 0.308 e. The Morgan fingerprint density at radius 2 is 2.04 bits per heavy atom. The lowest BCUT2D eigenvalue weighted by Gasteiger charge is -2.35. The maximum atomic E-state index is 14.1. The van der Waals surface area contributed by atoms with Crippen molar-refractivity contribution in [3.63, 3.8) is 0 Å². The highest BCUT2D eigenvalue weighted by molar-refractivity contribution is 5.91. The standard InChI is InChI=1S/C18H21FN4O3/c1-3-15-20-16(21-23(15)14-7-5-4-6-13(14)19)17(24)22-10-12(18(25)26)9-8-11(22)2/h4-7,11-12H,3,8-10H2,1-2H3,(H,25,26). The van der Waals surface area contributed by atoms with Crippen molar-refractivity contribution < 1.29 is 19.1 Å². The Kier molecular flexibility index (Phi) is 5.01. The van der Waals surface area contributed by atoms with Gasteiger partial charge in [0.1, 0.15) is 17.3 Å². The van der Waals surface area contributed by atoms with E-state index in [1.807, 2.05) is 13.8 Å². The van der Waals surface area contributed by atoms with E-state index in [0.717, 1.165) is 0 Å². The van der Waals surface area contributed by atoms with E-state index in [4.69, 9.17) is 0 Å². The lowest BCUT2D eigenvalue weighted by Crippen LogP contribution is -2.47. The molecule has 1 N–H and O–H groups in total. The van der Waals surface area contributed by atoms with E-state index >= 15 is 0 Å². The number of rotatable bonds is 4. The second-order valence-corrected chi connectivity index (χ2v) is 6.49. The second kappa shape index (κ2) is 7.23. The van der Waals surface area contributed by atoms with Gasteiger partial charge < -0.3 is 10.0 Å². The summed E-state index contributed by atoms with van der Waals surface area (Å²) in [6, 6.07) is 6.06. The zero-order chi connectivity index (χ0) is 18.8. The summed E-state index contributed by atoms with van der Waals surface area (Å²) in [6.45, 7) is 3.86. The van der Waals surface area contributed by atoms with Gasteiger partial charge in [-0.25, -0.2) is 14.1 Å². The van der Waals surface area contributed by atoms with Crippen molar-refractivity contribution in [1.82, 2.24) is 19.7 Å². The molecule has 0 aliphatic carbocycles. The summed E-state index contributed by atoms with van der Waals surface area (Å²) >= 11 is 0. The fourth-order valence-corrected chi connectivity index (χ4v) is 3.20. The minimum Gasteiger partial charge on any atom is -0.481 e. The number of carbonyl (C=O) groups is 2. The molecular formula is C18H21FN4O3. The van der Waals surface area contributed by atoms with Crippen molar-refractivity contribution in [1.29, 1.82) is 0 Å². The number of carboxylic acids is 1. The van der Waals surface area contributed by atoms with Crippen molar-refractivity contribution in [2.75, 3.05) is 6.54 Å². The predicted octanol–water partition coefficient (Wildman–Crippen LogP) is 2.29. The van der Waals surface area contributed by atoms with E-state index in [1.54, 1.807) is 18.2 Å². The number of benzene rings is 1. The summed E-state index contributed by atoms with van der Waals surface area (Å²) in [4.78, 5) is 29.9. The van der Waals surface area contributed by atoms with Gasteiger partial charge in [-0.1, -0.05) is 19.1 Å². The molecule has 1 aromatic heterocycles. The third-order valence-corrected chi connectivity index (χ3v) is 4.75. The molecule has 2 unspecified atom stereocenters. The van der Waals surface area contributed by atoms with Gasteiger partial charge in [0.15, 0.2) is 0 Å². The average Bonchev–Trinajstić information content (AvgIpc) is 3.06. The van der Waals surface area contributed by atoms with Crippen LogP contribution in [0.1, 0.15) is 43.1 Å². The minimum atomic E-state index is -0.909. The van der Waals surface area contributed by atoms with Gasteiger partial charge in [0.25, 0.3) is 5.91 Å². The van der Waals surface area contributed by atoms with Crippen molar-refractivity contribution >= 4 is 11.9 Å². The molecule has 1 aliphatic rings. The summed E-state index contributed by atoms with van der Waals surface area (Å²) in [5.41, 5.74) is 0.228. The van der Waals surface area contributed by atoms with Crippen LogP contribution in [0.3, 0.4) is 0 Å². The molecule has 1 aromatic carbocycles. The molecule has 0 saturated carbocycles. The number of hydrogen-bond donors (Lipinski definition) is 1. The zero-order valence-corrected chi connectivity index (χ0v) is 14.7. The van der Waals surface area contributed by atoms with Gasteiger partial charge in [0.2, 0.25) is 5.82 Å². The number of aromatic nitrogens is 3. The van der Waals surface area contributed by atoms with Crippen LogP contribution in [0, 0.1) is 11.7 Å². The van der Waals surface area contributed by atoms with Crippen LogP contribution in [-0.2, 0) is 11.2 Å². The van der Waals surface area contributed by atoms with Gasteiger partial charge in [-0.05, 0) is 31.9 Å². The minimum absolute atomic E-state index is 0.0389. The Bertz CT molecular complexity index is 836. The molecular weight excluding hydrogens is 339 g/mol. The molecule has 2 atom stereocenters. The van der Waals surface area contributed by atoms with Crippen LogP contribution in [0.25, 0.3) is 5.69 Å². The number of halogens is 1. The number of amides is 1. The Morgan fingerprint density at radius 3 is 2.69 bits per heavy atom. The summed E-state index contributed by atoms with van der Waals surface area (Å²) in [5, 5.41) is 13.5. The third kappa shape index (κ3) is 3.31. The lowest BCUT2D eigenvalue weighted by atomic mass is 9.93. The number of aliphatic carboxylic acids is 1. The normalized spacial score (nSPS) is 20.2. The molecule has 3 rings (SSSR count). The second-order valence-electron chi connectivity index (χ2n) is 6.49. The van der Waals surface area contributed by atoms with Gasteiger partial charge in [-0.3, -0.25) is 9.59 Å². The third-order valence-electron chi connectivity index (χ3n) is 4.75. The summed E-state index contributed by atoms with van der Waals surface area (Å²) in [7, 11) is 0. The van der Waals surface area contributed by atoms with Gasteiger partial charge >= 0.3 is 5.97 Å². The molecule has 138 valence electrons. The van der Waals surface area contributed by atoms with Gasteiger partial charge in [0.05, 0.1) is 5.92 Å². The number of aryl methyl sites for hydroxylation is 1. The van der Waals surface area contributed by atoms with E-state index in [0.29, 0.717) is 25.1 Å².